The fourth-order valence-electron chi connectivity index (χ4n) is 2.10. The van der Waals surface area contributed by atoms with E-state index in [1.807, 2.05) is 18.2 Å². The molecule has 1 aromatic carbocycles. The first-order valence-electron chi connectivity index (χ1n) is 5.88. The highest BCUT2D eigenvalue weighted by Crippen LogP contribution is 2.29. The van der Waals surface area contributed by atoms with Gasteiger partial charge in [0.2, 0.25) is 0 Å². The Balaban J connectivity index is 1.92. The van der Waals surface area contributed by atoms with Crippen molar-refractivity contribution in [1.82, 2.24) is 10.1 Å². The SMILES string of the molecule is Nc1cc(Br)ccc1-c1nc(N2CCCC2)no1. The maximum atomic E-state index is 5.94. The van der Waals surface area contributed by atoms with Gasteiger partial charge in [-0.2, -0.15) is 4.98 Å². The zero-order chi connectivity index (χ0) is 12.5. The van der Waals surface area contributed by atoms with Gasteiger partial charge in [0.1, 0.15) is 0 Å². The lowest BCUT2D eigenvalue weighted by atomic mass is 10.2. The summed E-state index contributed by atoms with van der Waals surface area (Å²) in [6.45, 7) is 1.99. The van der Waals surface area contributed by atoms with Crippen molar-refractivity contribution in [3.05, 3.63) is 22.7 Å². The summed E-state index contributed by atoms with van der Waals surface area (Å²) in [5.41, 5.74) is 7.34. The molecule has 0 aliphatic carbocycles. The molecular weight excluding hydrogens is 296 g/mol. The fourth-order valence-corrected chi connectivity index (χ4v) is 2.48. The Labute approximate surface area is 113 Å². The van der Waals surface area contributed by atoms with Gasteiger partial charge in [0.15, 0.2) is 0 Å². The highest BCUT2D eigenvalue weighted by atomic mass is 79.9. The van der Waals surface area contributed by atoms with Crippen LogP contribution in [0.5, 0.6) is 0 Å². The number of nitrogen functional groups attached to an aromatic ring is 1. The molecule has 0 saturated carbocycles. The smallest absolute Gasteiger partial charge is 0.266 e. The molecule has 0 bridgehead atoms. The summed E-state index contributed by atoms with van der Waals surface area (Å²) in [6, 6.07) is 5.61. The van der Waals surface area contributed by atoms with Crippen LogP contribution in [0, 0.1) is 0 Å². The van der Waals surface area contributed by atoms with E-state index in [0.717, 1.165) is 23.1 Å². The van der Waals surface area contributed by atoms with Crippen LogP contribution in [-0.4, -0.2) is 23.2 Å². The number of halogens is 1. The second-order valence-corrected chi connectivity index (χ2v) is 5.24. The molecule has 0 spiro atoms. The van der Waals surface area contributed by atoms with Gasteiger partial charge in [0.05, 0.1) is 5.56 Å². The van der Waals surface area contributed by atoms with E-state index in [1.165, 1.54) is 12.8 Å². The van der Waals surface area contributed by atoms with E-state index in [2.05, 4.69) is 31.0 Å². The molecule has 1 saturated heterocycles. The molecule has 2 aromatic rings. The maximum Gasteiger partial charge on any atom is 0.266 e. The Morgan fingerprint density at radius 3 is 2.78 bits per heavy atom. The molecule has 1 aliphatic rings. The third kappa shape index (κ3) is 2.08. The zero-order valence-electron chi connectivity index (χ0n) is 9.77. The van der Waals surface area contributed by atoms with Crippen molar-refractivity contribution < 1.29 is 4.52 Å². The number of aromatic nitrogens is 2. The minimum atomic E-state index is 0.474. The molecular formula is C12H13BrN4O. The topological polar surface area (TPSA) is 68.2 Å². The van der Waals surface area contributed by atoms with Crippen LogP contribution in [0.25, 0.3) is 11.5 Å². The average Bonchev–Trinajstić information content (AvgIpc) is 2.99. The molecule has 1 aromatic heterocycles. The van der Waals surface area contributed by atoms with Gasteiger partial charge in [-0.3, -0.25) is 0 Å². The van der Waals surface area contributed by atoms with E-state index in [9.17, 15) is 0 Å². The minimum Gasteiger partial charge on any atom is -0.398 e. The Bertz CT molecular complexity index is 563. The second-order valence-electron chi connectivity index (χ2n) is 4.33. The number of benzene rings is 1. The van der Waals surface area contributed by atoms with Crippen LogP contribution in [0.1, 0.15) is 12.8 Å². The molecule has 18 heavy (non-hydrogen) atoms. The van der Waals surface area contributed by atoms with Crippen molar-refractivity contribution in [3.63, 3.8) is 0 Å². The molecule has 1 fully saturated rings. The predicted octanol–water partition coefficient (Wildman–Crippen LogP) is 2.68. The fraction of sp³-hybridized carbons (Fsp3) is 0.333. The van der Waals surface area contributed by atoms with Gasteiger partial charge >= 0.3 is 0 Å². The van der Waals surface area contributed by atoms with Gasteiger partial charge in [-0.15, -0.1) is 0 Å². The first-order chi connectivity index (χ1) is 8.74. The Kier molecular flexibility index (Phi) is 2.95. The minimum absolute atomic E-state index is 0.474. The Morgan fingerprint density at radius 2 is 2.06 bits per heavy atom. The number of rotatable bonds is 2. The molecule has 0 atom stereocenters. The third-order valence-electron chi connectivity index (χ3n) is 3.05. The van der Waals surface area contributed by atoms with Crippen molar-refractivity contribution in [2.45, 2.75) is 12.8 Å². The summed E-state index contributed by atoms with van der Waals surface area (Å²) >= 11 is 3.37. The Hall–Kier alpha value is -1.56. The highest BCUT2D eigenvalue weighted by Gasteiger charge is 2.19. The van der Waals surface area contributed by atoms with Gasteiger partial charge in [-0.1, -0.05) is 15.9 Å². The predicted molar refractivity (Wildman–Crippen MR) is 73.3 cm³/mol. The van der Waals surface area contributed by atoms with Crippen molar-refractivity contribution in [2.75, 3.05) is 23.7 Å². The first-order valence-corrected chi connectivity index (χ1v) is 6.67. The molecule has 2 N–H and O–H groups in total. The van der Waals surface area contributed by atoms with Crippen LogP contribution in [0.4, 0.5) is 11.6 Å². The van der Waals surface area contributed by atoms with E-state index in [4.69, 9.17) is 10.3 Å². The summed E-state index contributed by atoms with van der Waals surface area (Å²) in [5.74, 6) is 1.13. The second kappa shape index (κ2) is 4.61. The van der Waals surface area contributed by atoms with Gasteiger partial charge in [0, 0.05) is 23.2 Å². The average molecular weight is 309 g/mol. The molecule has 94 valence electrons. The van der Waals surface area contributed by atoms with E-state index in [0.29, 0.717) is 17.5 Å². The molecule has 2 heterocycles. The molecule has 0 radical (unpaired) electrons. The number of nitrogens with two attached hydrogens (primary N) is 1. The molecule has 0 amide bonds. The molecule has 0 unspecified atom stereocenters. The monoisotopic (exact) mass is 308 g/mol. The first kappa shape index (κ1) is 11.5. The van der Waals surface area contributed by atoms with E-state index >= 15 is 0 Å². The van der Waals surface area contributed by atoms with Crippen LogP contribution < -0.4 is 10.6 Å². The normalized spacial score (nSPS) is 15.3. The lowest BCUT2D eigenvalue weighted by Crippen LogP contribution is -2.18. The largest absolute Gasteiger partial charge is 0.398 e. The molecule has 3 rings (SSSR count). The van der Waals surface area contributed by atoms with Gasteiger partial charge in [0.25, 0.3) is 11.8 Å². The van der Waals surface area contributed by atoms with Crippen LogP contribution in [0.15, 0.2) is 27.2 Å². The van der Waals surface area contributed by atoms with E-state index in [-0.39, 0.29) is 0 Å². The summed E-state index contributed by atoms with van der Waals surface area (Å²) in [4.78, 5) is 6.53. The van der Waals surface area contributed by atoms with Gasteiger partial charge in [-0.05, 0) is 36.2 Å². The van der Waals surface area contributed by atoms with Crippen molar-refractivity contribution in [2.24, 2.45) is 0 Å². The van der Waals surface area contributed by atoms with Crippen LogP contribution in [0.3, 0.4) is 0 Å². The van der Waals surface area contributed by atoms with Crippen LogP contribution in [0.2, 0.25) is 0 Å². The molecule has 1 aliphatic heterocycles. The Morgan fingerprint density at radius 1 is 1.28 bits per heavy atom. The number of nitrogens with zero attached hydrogens (tertiary/aromatic N) is 3. The molecule has 5 nitrogen and oxygen atoms in total. The standard InChI is InChI=1S/C12H13BrN4O/c13-8-3-4-9(10(14)7-8)11-15-12(16-18-11)17-5-1-2-6-17/h3-4,7H,1-2,5-6,14H2. The maximum absolute atomic E-state index is 5.94. The molecule has 6 heteroatoms. The van der Waals surface area contributed by atoms with E-state index < -0.39 is 0 Å². The summed E-state index contributed by atoms with van der Waals surface area (Å²) in [6.07, 6.45) is 2.37. The zero-order valence-corrected chi connectivity index (χ0v) is 11.4. The number of hydrogen-bond acceptors (Lipinski definition) is 5. The lowest BCUT2D eigenvalue weighted by Gasteiger charge is -2.09. The summed E-state index contributed by atoms with van der Waals surface area (Å²) < 4.78 is 6.22. The van der Waals surface area contributed by atoms with Crippen molar-refractivity contribution >= 4 is 27.6 Å². The van der Waals surface area contributed by atoms with Crippen molar-refractivity contribution in [3.8, 4) is 11.5 Å². The summed E-state index contributed by atoms with van der Waals surface area (Å²) in [5, 5.41) is 4.01. The van der Waals surface area contributed by atoms with Gasteiger partial charge < -0.3 is 15.2 Å². The lowest BCUT2D eigenvalue weighted by molar-refractivity contribution is 0.430. The van der Waals surface area contributed by atoms with Gasteiger partial charge in [-0.25, -0.2) is 0 Å². The third-order valence-corrected chi connectivity index (χ3v) is 3.54. The number of anilines is 2. The van der Waals surface area contributed by atoms with Crippen LogP contribution >= 0.6 is 15.9 Å². The van der Waals surface area contributed by atoms with Crippen LogP contribution in [-0.2, 0) is 0 Å². The number of hydrogen-bond donors (Lipinski definition) is 1. The highest BCUT2D eigenvalue weighted by molar-refractivity contribution is 9.10. The quantitative estimate of drug-likeness (QED) is 0.864. The summed E-state index contributed by atoms with van der Waals surface area (Å²) in [7, 11) is 0. The van der Waals surface area contributed by atoms with Crippen molar-refractivity contribution in [1.29, 1.82) is 0 Å². The van der Waals surface area contributed by atoms with E-state index in [1.54, 1.807) is 0 Å².